The van der Waals surface area contributed by atoms with Crippen LogP contribution in [0.3, 0.4) is 0 Å². The molecule has 3 N–H and O–H groups in total. The molecule has 0 bridgehead atoms. The second-order valence-corrected chi connectivity index (χ2v) is 9.80. The van der Waals surface area contributed by atoms with Gasteiger partial charge in [0, 0.05) is 30.0 Å². The zero-order chi connectivity index (χ0) is 23.5. The number of hydrogen-bond donors (Lipinski definition) is 3. The minimum atomic E-state index is -0.363. The molecule has 0 fully saturated rings. The number of rotatable bonds is 8. The summed E-state index contributed by atoms with van der Waals surface area (Å²) in [5, 5.41) is 9.26. The standard InChI is InChI=1S/C24H30N4O4S/c1-14-11-16(12-15(2)21(14)32-10-6-4-5-7-19(29)27-31)22-25-23(30)20-17-8-9-28(3)13-18(17)33-24(20)26-22/h11-12,31H,4-10,13H2,1-3H3,(H,27,29)(H,25,26,30). The maximum absolute atomic E-state index is 12.9. The molecule has 0 unspecified atom stereocenters. The first-order valence-corrected chi connectivity index (χ1v) is 12.1. The molecule has 0 spiro atoms. The van der Waals surface area contributed by atoms with Crippen molar-refractivity contribution in [3.05, 3.63) is 44.1 Å². The summed E-state index contributed by atoms with van der Waals surface area (Å²) in [5.74, 6) is 1.06. The molecule has 8 nitrogen and oxygen atoms in total. The van der Waals surface area contributed by atoms with Gasteiger partial charge in [0.05, 0.1) is 12.0 Å². The van der Waals surface area contributed by atoms with Gasteiger partial charge < -0.3 is 14.6 Å². The van der Waals surface area contributed by atoms with Crippen LogP contribution in [0.1, 0.15) is 47.3 Å². The van der Waals surface area contributed by atoms with Crippen LogP contribution in [0.25, 0.3) is 21.6 Å². The summed E-state index contributed by atoms with van der Waals surface area (Å²) in [5.41, 5.74) is 5.57. The number of thiophene rings is 1. The van der Waals surface area contributed by atoms with Gasteiger partial charge in [-0.25, -0.2) is 10.5 Å². The number of aromatic nitrogens is 2. The van der Waals surface area contributed by atoms with E-state index in [-0.39, 0.29) is 11.5 Å². The fourth-order valence-corrected chi connectivity index (χ4v) is 5.68. The average Bonchev–Trinajstić information content (AvgIpc) is 3.14. The number of nitrogens with one attached hydrogen (secondary N) is 2. The van der Waals surface area contributed by atoms with Gasteiger partial charge in [0.25, 0.3) is 5.56 Å². The van der Waals surface area contributed by atoms with Crippen LogP contribution >= 0.6 is 11.3 Å². The Bertz CT molecular complexity index is 1210. The summed E-state index contributed by atoms with van der Waals surface area (Å²) in [6.45, 7) is 6.36. The van der Waals surface area contributed by atoms with Crippen molar-refractivity contribution >= 4 is 27.5 Å². The average molecular weight is 471 g/mol. The molecule has 0 saturated carbocycles. The van der Waals surface area contributed by atoms with Gasteiger partial charge in [0.1, 0.15) is 16.4 Å². The zero-order valence-corrected chi connectivity index (χ0v) is 20.1. The predicted octanol–water partition coefficient (Wildman–Crippen LogP) is 3.70. The third-order valence-electron chi connectivity index (χ3n) is 6.05. The smallest absolute Gasteiger partial charge is 0.260 e. The lowest BCUT2D eigenvalue weighted by atomic mass is 10.0. The highest BCUT2D eigenvalue weighted by Gasteiger charge is 2.22. The van der Waals surface area contributed by atoms with E-state index >= 15 is 0 Å². The number of aromatic amines is 1. The van der Waals surface area contributed by atoms with Crippen LogP contribution in [0.4, 0.5) is 0 Å². The highest BCUT2D eigenvalue weighted by atomic mass is 32.1. The predicted molar refractivity (Wildman–Crippen MR) is 129 cm³/mol. The summed E-state index contributed by atoms with van der Waals surface area (Å²) >= 11 is 1.62. The summed E-state index contributed by atoms with van der Waals surface area (Å²) in [6, 6.07) is 4.00. The van der Waals surface area contributed by atoms with Crippen LogP contribution < -0.4 is 15.8 Å². The number of nitrogens with zero attached hydrogens (tertiary/aromatic N) is 2. The molecule has 0 radical (unpaired) electrons. The van der Waals surface area contributed by atoms with E-state index < -0.39 is 0 Å². The Kier molecular flexibility index (Phi) is 7.11. The molecule has 3 aromatic rings. The zero-order valence-electron chi connectivity index (χ0n) is 19.3. The maximum Gasteiger partial charge on any atom is 0.260 e. The third kappa shape index (κ3) is 5.10. The van der Waals surface area contributed by atoms with E-state index in [9.17, 15) is 9.59 Å². The summed E-state index contributed by atoms with van der Waals surface area (Å²) in [7, 11) is 2.10. The highest BCUT2D eigenvalue weighted by Crippen LogP contribution is 2.34. The number of fused-ring (bicyclic) bond motifs is 3. The lowest BCUT2D eigenvalue weighted by molar-refractivity contribution is -0.129. The van der Waals surface area contributed by atoms with Gasteiger partial charge in [0.2, 0.25) is 5.91 Å². The molecule has 0 atom stereocenters. The molecule has 33 heavy (non-hydrogen) atoms. The largest absolute Gasteiger partial charge is 0.493 e. The van der Waals surface area contributed by atoms with Crippen molar-refractivity contribution in [3.63, 3.8) is 0 Å². The van der Waals surface area contributed by atoms with Crippen LogP contribution in [0, 0.1) is 13.8 Å². The molecule has 9 heteroatoms. The van der Waals surface area contributed by atoms with Gasteiger partial charge in [0.15, 0.2) is 0 Å². The van der Waals surface area contributed by atoms with E-state index in [0.717, 1.165) is 70.6 Å². The minimum absolute atomic E-state index is 0.0671. The summed E-state index contributed by atoms with van der Waals surface area (Å²) < 4.78 is 6.01. The third-order valence-corrected chi connectivity index (χ3v) is 7.17. The topological polar surface area (TPSA) is 108 Å². The first kappa shape index (κ1) is 23.4. The molecule has 1 aliphatic rings. The summed E-state index contributed by atoms with van der Waals surface area (Å²) in [4.78, 5) is 36.1. The normalized spacial score (nSPS) is 13.8. The number of carbonyl (C=O) groups excluding carboxylic acids is 1. The maximum atomic E-state index is 12.9. The second kappa shape index (κ2) is 10.0. The summed E-state index contributed by atoms with van der Waals surface area (Å²) in [6.07, 6.45) is 3.56. The quantitative estimate of drug-likeness (QED) is 0.263. The van der Waals surface area contributed by atoms with Gasteiger partial charge >= 0.3 is 0 Å². The van der Waals surface area contributed by atoms with E-state index in [1.54, 1.807) is 16.8 Å². The molecule has 4 rings (SSSR count). The molecule has 3 heterocycles. The van der Waals surface area contributed by atoms with Gasteiger partial charge in [-0.3, -0.25) is 14.8 Å². The van der Waals surface area contributed by atoms with Gasteiger partial charge in [-0.2, -0.15) is 0 Å². The molecule has 1 aliphatic heterocycles. The van der Waals surface area contributed by atoms with Crippen LogP contribution in [-0.4, -0.2) is 46.2 Å². The van der Waals surface area contributed by atoms with Crippen molar-refractivity contribution in [3.8, 4) is 17.1 Å². The first-order valence-electron chi connectivity index (χ1n) is 11.3. The molecule has 1 amide bonds. The number of unbranched alkanes of at least 4 members (excludes halogenated alkanes) is 2. The lowest BCUT2D eigenvalue weighted by Gasteiger charge is -2.21. The van der Waals surface area contributed by atoms with Crippen LogP contribution in [0.15, 0.2) is 16.9 Å². The van der Waals surface area contributed by atoms with E-state index in [1.807, 2.05) is 26.0 Å². The Hall–Kier alpha value is -2.75. The number of hydrogen-bond acceptors (Lipinski definition) is 7. The number of hydroxylamine groups is 1. The molecular formula is C24H30N4O4S. The van der Waals surface area contributed by atoms with E-state index in [0.29, 0.717) is 25.3 Å². The van der Waals surface area contributed by atoms with Crippen molar-refractivity contribution in [1.29, 1.82) is 0 Å². The van der Waals surface area contributed by atoms with Crippen molar-refractivity contribution in [1.82, 2.24) is 20.3 Å². The molecule has 1 aromatic carbocycles. The number of carbonyl (C=O) groups is 1. The fraction of sp³-hybridized carbons (Fsp3) is 0.458. The van der Waals surface area contributed by atoms with Crippen molar-refractivity contribution in [2.75, 3.05) is 20.2 Å². The number of H-pyrrole nitrogens is 1. The molecule has 0 aliphatic carbocycles. The van der Waals surface area contributed by atoms with Crippen LogP contribution in [0.2, 0.25) is 0 Å². The minimum Gasteiger partial charge on any atom is -0.493 e. The highest BCUT2D eigenvalue weighted by molar-refractivity contribution is 7.18. The number of benzene rings is 1. The van der Waals surface area contributed by atoms with Crippen LogP contribution in [0.5, 0.6) is 5.75 Å². The van der Waals surface area contributed by atoms with Gasteiger partial charge in [-0.15, -0.1) is 11.3 Å². The van der Waals surface area contributed by atoms with Gasteiger partial charge in [-0.05, 0) is 75.4 Å². The Morgan fingerprint density at radius 1 is 1.27 bits per heavy atom. The van der Waals surface area contributed by atoms with Crippen molar-refractivity contribution in [2.45, 2.75) is 52.5 Å². The monoisotopic (exact) mass is 470 g/mol. The fourth-order valence-electron chi connectivity index (χ4n) is 4.38. The molecular weight excluding hydrogens is 440 g/mol. The van der Waals surface area contributed by atoms with E-state index in [1.165, 1.54) is 4.88 Å². The van der Waals surface area contributed by atoms with E-state index in [4.69, 9.17) is 14.9 Å². The Labute approximate surface area is 196 Å². The van der Waals surface area contributed by atoms with Crippen molar-refractivity contribution < 1.29 is 14.7 Å². The number of ether oxygens (including phenoxy) is 1. The molecule has 176 valence electrons. The van der Waals surface area contributed by atoms with Crippen molar-refractivity contribution in [2.24, 2.45) is 0 Å². The first-order chi connectivity index (χ1) is 15.9. The number of aryl methyl sites for hydroxylation is 2. The van der Waals surface area contributed by atoms with E-state index in [2.05, 4.69) is 16.9 Å². The molecule has 0 saturated heterocycles. The van der Waals surface area contributed by atoms with Crippen LogP contribution in [-0.2, 0) is 17.8 Å². The Morgan fingerprint density at radius 2 is 2.03 bits per heavy atom. The second-order valence-electron chi connectivity index (χ2n) is 8.72. The number of likely N-dealkylation sites (N-methyl/N-ethyl adjacent to an activating group) is 1. The number of amides is 1. The Balaban J connectivity index is 1.49. The molecule has 2 aromatic heterocycles. The van der Waals surface area contributed by atoms with Gasteiger partial charge in [-0.1, -0.05) is 0 Å². The lowest BCUT2D eigenvalue weighted by Crippen LogP contribution is -2.25. The SMILES string of the molecule is Cc1cc(-c2nc3sc4c(c3c(=O)[nH]2)CCN(C)C4)cc(C)c1OCCCCCC(=O)NO. The Morgan fingerprint density at radius 3 is 2.76 bits per heavy atom.